The van der Waals surface area contributed by atoms with Crippen LogP contribution in [0.15, 0.2) is 12.7 Å². The van der Waals surface area contributed by atoms with Crippen LogP contribution in [-0.2, 0) is 26.1 Å². The van der Waals surface area contributed by atoms with Gasteiger partial charge >= 0.3 is 6.09 Å². The maximum absolute atomic E-state index is 10.9. The minimum Gasteiger partial charge on any atom is -0.465 e. The number of fused-ring (bicyclic) bond motifs is 1. The topological polar surface area (TPSA) is 78.6 Å². The number of nitrogens with zero attached hydrogens (tertiary/aromatic N) is 3. The van der Waals surface area contributed by atoms with Crippen LogP contribution in [0.2, 0.25) is 0 Å². The predicted octanol–water partition coefficient (Wildman–Crippen LogP) is 0.597. The second-order valence-corrected chi connectivity index (χ2v) is 3.95. The summed E-state index contributed by atoms with van der Waals surface area (Å²) in [6.07, 6.45) is 1.36. The molecule has 0 aromatic carbocycles. The molecule has 2 rings (SSSR count). The van der Waals surface area contributed by atoms with E-state index in [0.717, 1.165) is 11.3 Å². The van der Waals surface area contributed by atoms with E-state index in [1.807, 2.05) is 0 Å². The highest BCUT2D eigenvalue weighted by molar-refractivity contribution is 5.65. The van der Waals surface area contributed by atoms with E-state index in [2.05, 4.69) is 11.7 Å². The van der Waals surface area contributed by atoms with Crippen LogP contribution in [-0.4, -0.2) is 37.5 Å². The van der Waals surface area contributed by atoms with Gasteiger partial charge in [-0.25, -0.2) is 4.79 Å². The summed E-state index contributed by atoms with van der Waals surface area (Å²) >= 11 is 0. The van der Waals surface area contributed by atoms with Gasteiger partial charge in [0.2, 0.25) is 0 Å². The summed E-state index contributed by atoms with van der Waals surface area (Å²) in [5.74, 6) is 0. The maximum atomic E-state index is 10.9. The first-order chi connectivity index (χ1) is 8.17. The van der Waals surface area contributed by atoms with Crippen molar-refractivity contribution in [1.29, 1.82) is 0 Å². The molecule has 1 aromatic heterocycles. The lowest BCUT2D eigenvalue weighted by atomic mass is 10.1. The number of carbonyl (C=O) groups is 1. The lowest BCUT2D eigenvalue weighted by molar-refractivity contribution is 0.139. The van der Waals surface area contributed by atoms with Gasteiger partial charge in [0.15, 0.2) is 0 Å². The zero-order chi connectivity index (χ0) is 12.4. The number of hydrogen-bond acceptors (Lipinski definition) is 3. The zero-order valence-corrected chi connectivity index (χ0v) is 9.46. The Bertz CT molecular complexity index is 453. The van der Waals surface area contributed by atoms with Gasteiger partial charge in [-0.3, -0.25) is 4.68 Å². The number of rotatable bonds is 3. The summed E-state index contributed by atoms with van der Waals surface area (Å²) in [4.78, 5) is 12.3. The van der Waals surface area contributed by atoms with E-state index < -0.39 is 6.09 Å². The normalized spacial score (nSPS) is 14.5. The number of allylic oxidation sites excluding steroid dienone is 1. The Morgan fingerprint density at radius 1 is 1.59 bits per heavy atom. The molecular weight excluding hydrogens is 222 g/mol. The largest absolute Gasteiger partial charge is 0.465 e. The molecule has 2 heterocycles. The molecular formula is C11H15N3O3. The average molecular weight is 237 g/mol. The summed E-state index contributed by atoms with van der Waals surface area (Å²) in [6.45, 7) is 4.78. The first-order valence-electron chi connectivity index (χ1n) is 5.44. The Hall–Kier alpha value is -1.82. The van der Waals surface area contributed by atoms with E-state index in [-0.39, 0.29) is 6.61 Å². The van der Waals surface area contributed by atoms with Crippen LogP contribution in [0, 0.1) is 0 Å². The summed E-state index contributed by atoms with van der Waals surface area (Å²) < 4.78 is 1.68. The van der Waals surface area contributed by atoms with Gasteiger partial charge in [0.05, 0.1) is 31.1 Å². The zero-order valence-electron chi connectivity index (χ0n) is 9.46. The van der Waals surface area contributed by atoms with E-state index in [1.165, 1.54) is 4.90 Å². The lowest BCUT2D eigenvalue weighted by Gasteiger charge is -2.23. The molecule has 0 radical (unpaired) electrons. The van der Waals surface area contributed by atoms with Crippen LogP contribution in [0.4, 0.5) is 4.79 Å². The van der Waals surface area contributed by atoms with Crippen LogP contribution in [0.5, 0.6) is 0 Å². The fourth-order valence-corrected chi connectivity index (χ4v) is 2.10. The monoisotopic (exact) mass is 237 g/mol. The molecule has 0 aliphatic carbocycles. The van der Waals surface area contributed by atoms with Gasteiger partial charge in [-0.15, -0.1) is 6.58 Å². The molecule has 0 unspecified atom stereocenters. The fourth-order valence-electron chi connectivity index (χ4n) is 2.10. The number of aliphatic hydroxyl groups is 1. The van der Waals surface area contributed by atoms with Gasteiger partial charge in [-0.1, -0.05) is 6.08 Å². The average Bonchev–Trinajstić information content (AvgIpc) is 2.65. The Morgan fingerprint density at radius 3 is 2.94 bits per heavy atom. The molecule has 0 spiro atoms. The highest BCUT2D eigenvalue weighted by Gasteiger charge is 2.26. The van der Waals surface area contributed by atoms with E-state index >= 15 is 0 Å². The number of amides is 1. The molecule has 0 bridgehead atoms. The van der Waals surface area contributed by atoms with E-state index in [9.17, 15) is 9.90 Å². The minimum atomic E-state index is -0.934. The van der Waals surface area contributed by atoms with Gasteiger partial charge in [-0.2, -0.15) is 5.10 Å². The van der Waals surface area contributed by atoms with Gasteiger partial charge < -0.3 is 15.1 Å². The third-order valence-corrected chi connectivity index (χ3v) is 2.94. The molecule has 1 aromatic rings. The standard InChI is InChI=1S/C11H15N3O3/c1-2-4-14-10(7-15)8-6-13(11(16)17)5-3-9(8)12-14/h2,15H,1,3-7H2,(H,16,17). The number of hydrogen-bond donors (Lipinski definition) is 2. The molecule has 6 nitrogen and oxygen atoms in total. The number of aromatic nitrogens is 2. The summed E-state index contributed by atoms with van der Waals surface area (Å²) in [7, 11) is 0. The third kappa shape index (κ3) is 2.03. The molecule has 17 heavy (non-hydrogen) atoms. The molecule has 0 saturated heterocycles. The summed E-state index contributed by atoms with van der Waals surface area (Å²) in [6, 6.07) is 0. The van der Waals surface area contributed by atoms with Gasteiger partial charge in [0.25, 0.3) is 0 Å². The van der Waals surface area contributed by atoms with Crippen LogP contribution in [0.1, 0.15) is 17.0 Å². The molecule has 0 atom stereocenters. The smallest absolute Gasteiger partial charge is 0.407 e. The van der Waals surface area contributed by atoms with Crippen molar-refractivity contribution in [2.75, 3.05) is 6.54 Å². The summed E-state index contributed by atoms with van der Waals surface area (Å²) in [5, 5.41) is 22.7. The summed E-state index contributed by atoms with van der Waals surface area (Å²) in [5.41, 5.74) is 2.40. The van der Waals surface area contributed by atoms with Crippen molar-refractivity contribution in [2.24, 2.45) is 0 Å². The molecule has 0 fully saturated rings. The van der Waals surface area contributed by atoms with E-state index in [4.69, 9.17) is 5.11 Å². The Morgan fingerprint density at radius 2 is 2.35 bits per heavy atom. The van der Waals surface area contributed by atoms with Gasteiger partial charge in [0.1, 0.15) is 0 Å². The number of aliphatic hydroxyl groups excluding tert-OH is 1. The van der Waals surface area contributed by atoms with Crippen molar-refractivity contribution in [1.82, 2.24) is 14.7 Å². The minimum absolute atomic E-state index is 0.135. The van der Waals surface area contributed by atoms with Crippen LogP contribution >= 0.6 is 0 Å². The SMILES string of the molecule is C=CCn1nc2c(c1CO)CN(C(=O)O)CC2. The first-order valence-corrected chi connectivity index (χ1v) is 5.44. The second-order valence-electron chi connectivity index (χ2n) is 3.95. The van der Waals surface area contributed by atoms with Crippen LogP contribution < -0.4 is 0 Å². The molecule has 92 valence electrons. The Balaban J connectivity index is 2.35. The van der Waals surface area contributed by atoms with Crippen molar-refractivity contribution in [2.45, 2.75) is 26.1 Å². The van der Waals surface area contributed by atoms with E-state index in [0.29, 0.717) is 31.7 Å². The van der Waals surface area contributed by atoms with Crippen LogP contribution in [0.3, 0.4) is 0 Å². The Kier molecular flexibility index (Phi) is 3.14. The quantitative estimate of drug-likeness (QED) is 0.754. The highest BCUT2D eigenvalue weighted by atomic mass is 16.4. The third-order valence-electron chi connectivity index (χ3n) is 2.94. The highest BCUT2D eigenvalue weighted by Crippen LogP contribution is 2.22. The first kappa shape index (κ1) is 11.7. The number of carboxylic acid groups (broad SMARTS) is 1. The van der Waals surface area contributed by atoms with Crippen molar-refractivity contribution >= 4 is 6.09 Å². The van der Waals surface area contributed by atoms with Crippen LogP contribution in [0.25, 0.3) is 0 Å². The Labute approximate surface area is 98.8 Å². The molecule has 0 saturated carbocycles. The van der Waals surface area contributed by atoms with Gasteiger partial charge in [-0.05, 0) is 0 Å². The molecule has 6 heteroatoms. The molecule has 1 amide bonds. The van der Waals surface area contributed by atoms with Crippen molar-refractivity contribution in [3.63, 3.8) is 0 Å². The maximum Gasteiger partial charge on any atom is 0.407 e. The predicted molar refractivity (Wildman–Crippen MR) is 60.5 cm³/mol. The second kappa shape index (κ2) is 4.58. The van der Waals surface area contributed by atoms with Gasteiger partial charge in [0, 0.05) is 18.5 Å². The van der Waals surface area contributed by atoms with Crippen molar-refractivity contribution < 1.29 is 15.0 Å². The molecule has 1 aliphatic rings. The lowest BCUT2D eigenvalue weighted by Crippen LogP contribution is -2.34. The molecule has 2 N–H and O–H groups in total. The van der Waals surface area contributed by atoms with Crippen molar-refractivity contribution in [3.05, 3.63) is 29.6 Å². The van der Waals surface area contributed by atoms with Crippen molar-refractivity contribution in [3.8, 4) is 0 Å². The fraction of sp³-hybridized carbons (Fsp3) is 0.455. The van der Waals surface area contributed by atoms with E-state index in [1.54, 1.807) is 10.8 Å². The molecule has 1 aliphatic heterocycles.